The molecule has 1 amide bonds. The quantitative estimate of drug-likeness (QED) is 0.694. The maximum absolute atomic E-state index is 12.2. The molecule has 0 bridgehead atoms. The molecule has 0 spiro atoms. The second-order valence-electron chi connectivity index (χ2n) is 8.05. The summed E-state index contributed by atoms with van der Waals surface area (Å²) < 4.78 is 10.8. The lowest BCUT2D eigenvalue weighted by Crippen LogP contribution is -2.27. The van der Waals surface area contributed by atoms with E-state index >= 15 is 0 Å². The number of hydrogen-bond donors (Lipinski definition) is 1. The van der Waals surface area contributed by atoms with Crippen LogP contribution in [0.5, 0.6) is 0 Å². The fourth-order valence-electron chi connectivity index (χ4n) is 2.91. The summed E-state index contributed by atoms with van der Waals surface area (Å²) in [6, 6.07) is 10.1. The van der Waals surface area contributed by atoms with Crippen molar-refractivity contribution in [2.75, 3.05) is 6.54 Å². The molecule has 0 unspecified atom stereocenters. The fourth-order valence-corrected chi connectivity index (χ4v) is 2.91. The summed E-state index contributed by atoms with van der Waals surface area (Å²) >= 11 is 0. The van der Waals surface area contributed by atoms with Gasteiger partial charge in [-0.25, -0.2) is 4.98 Å². The van der Waals surface area contributed by atoms with Crippen molar-refractivity contribution in [1.82, 2.24) is 15.5 Å². The van der Waals surface area contributed by atoms with Gasteiger partial charge in [0.25, 0.3) is 0 Å². The number of benzene rings is 1. The molecule has 1 aromatic carbocycles. The Labute approximate surface area is 165 Å². The second-order valence-corrected chi connectivity index (χ2v) is 8.05. The minimum Gasteiger partial charge on any atom is -0.441 e. The van der Waals surface area contributed by atoms with Gasteiger partial charge in [-0.05, 0) is 37.0 Å². The molecule has 0 fully saturated rings. The van der Waals surface area contributed by atoms with E-state index < -0.39 is 0 Å². The van der Waals surface area contributed by atoms with E-state index in [9.17, 15) is 4.79 Å². The summed E-state index contributed by atoms with van der Waals surface area (Å²) in [5, 5.41) is 6.80. The van der Waals surface area contributed by atoms with Crippen LogP contribution in [0.2, 0.25) is 0 Å². The van der Waals surface area contributed by atoms with E-state index in [2.05, 4.69) is 48.4 Å². The van der Waals surface area contributed by atoms with Crippen LogP contribution in [0.15, 0.2) is 39.3 Å². The monoisotopic (exact) mass is 381 g/mol. The first kappa shape index (κ1) is 19.9. The Morgan fingerprint density at radius 3 is 2.46 bits per heavy atom. The predicted molar refractivity (Wildman–Crippen MR) is 107 cm³/mol. The van der Waals surface area contributed by atoms with E-state index in [0.29, 0.717) is 30.3 Å². The van der Waals surface area contributed by atoms with Gasteiger partial charge in [0, 0.05) is 24.6 Å². The summed E-state index contributed by atoms with van der Waals surface area (Å²) in [6.07, 6.45) is 0.819. The number of amides is 1. The highest BCUT2D eigenvalue weighted by atomic mass is 16.5. The lowest BCUT2D eigenvalue weighted by molar-refractivity contribution is -0.120. The van der Waals surface area contributed by atoms with Gasteiger partial charge in [-0.3, -0.25) is 4.79 Å². The number of rotatable bonds is 6. The third-order valence-corrected chi connectivity index (χ3v) is 4.60. The number of nitrogens with zero attached hydrogens (tertiary/aromatic N) is 2. The highest BCUT2D eigenvalue weighted by Gasteiger charge is 2.17. The molecule has 3 aromatic rings. The third-order valence-electron chi connectivity index (χ3n) is 4.60. The van der Waals surface area contributed by atoms with Crippen LogP contribution in [-0.2, 0) is 23.1 Å². The molecule has 0 aliphatic rings. The van der Waals surface area contributed by atoms with Gasteiger partial charge in [-0.1, -0.05) is 38.1 Å². The van der Waals surface area contributed by atoms with Gasteiger partial charge < -0.3 is 14.3 Å². The van der Waals surface area contributed by atoms with Gasteiger partial charge in [0.2, 0.25) is 11.8 Å². The molecule has 0 radical (unpaired) electrons. The molecule has 1 N–H and O–H groups in total. The zero-order valence-electron chi connectivity index (χ0n) is 17.1. The van der Waals surface area contributed by atoms with Crippen LogP contribution in [0, 0.1) is 13.8 Å². The van der Waals surface area contributed by atoms with Crippen molar-refractivity contribution in [3.8, 4) is 11.5 Å². The molecule has 28 heavy (non-hydrogen) atoms. The molecule has 0 saturated carbocycles. The zero-order chi connectivity index (χ0) is 20.3. The first-order valence-electron chi connectivity index (χ1n) is 9.48. The Morgan fingerprint density at radius 2 is 1.86 bits per heavy atom. The molecule has 0 atom stereocenters. The molecule has 3 rings (SSSR count). The molecular formula is C22H27N3O3. The van der Waals surface area contributed by atoms with Crippen LogP contribution in [0.1, 0.15) is 49.2 Å². The van der Waals surface area contributed by atoms with Gasteiger partial charge >= 0.3 is 0 Å². The average molecular weight is 381 g/mol. The normalized spacial score (nSPS) is 11.6. The lowest BCUT2D eigenvalue weighted by Gasteiger charge is -2.18. The zero-order valence-corrected chi connectivity index (χ0v) is 17.1. The number of carbonyl (C=O) groups is 1. The van der Waals surface area contributed by atoms with Crippen LogP contribution < -0.4 is 5.32 Å². The number of hydrogen-bond acceptors (Lipinski definition) is 5. The third kappa shape index (κ3) is 4.88. The van der Waals surface area contributed by atoms with Crippen LogP contribution >= 0.6 is 0 Å². The Kier molecular flexibility index (Phi) is 5.68. The van der Waals surface area contributed by atoms with E-state index in [1.165, 1.54) is 5.56 Å². The summed E-state index contributed by atoms with van der Waals surface area (Å²) in [6.45, 7) is 10.7. The van der Waals surface area contributed by atoms with Gasteiger partial charge in [-0.2, -0.15) is 0 Å². The SMILES string of the molecule is Cc1cc(CCNC(=O)Cc2nc(-c3ccc(C(C)(C)C)cc3)oc2C)no1. The van der Waals surface area contributed by atoms with Crippen LogP contribution in [0.4, 0.5) is 0 Å². The van der Waals surface area contributed by atoms with Gasteiger partial charge in [0.15, 0.2) is 0 Å². The summed E-state index contributed by atoms with van der Waals surface area (Å²) in [5.41, 5.74) is 3.74. The maximum Gasteiger partial charge on any atom is 0.226 e. The molecular weight excluding hydrogens is 354 g/mol. The fraction of sp³-hybridized carbons (Fsp3) is 0.409. The molecule has 148 valence electrons. The van der Waals surface area contributed by atoms with E-state index in [0.717, 1.165) is 17.0 Å². The summed E-state index contributed by atoms with van der Waals surface area (Å²) in [5.74, 6) is 1.88. The number of oxazole rings is 1. The van der Waals surface area contributed by atoms with Gasteiger partial charge in [0.1, 0.15) is 11.5 Å². The summed E-state index contributed by atoms with van der Waals surface area (Å²) in [7, 11) is 0. The Bertz CT molecular complexity index is 946. The Balaban J connectivity index is 1.59. The van der Waals surface area contributed by atoms with Crippen molar-refractivity contribution >= 4 is 5.91 Å². The molecule has 6 heteroatoms. The number of aryl methyl sites for hydroxylation is 2. The average Bonchev–Trinajstić information content (AvgIpc) is 3.20. The van der Waals surface area contributed by atoms with Crippen molar-refractivity contribution in [2.24, 2.45) is 0 Å². The summed E-state index contributed by atoms with van der Waals surface area (Å²) in [4.78, 5) is 16.8. The molecule has 2 heterocycles. The van der Waals surface area contributed by atoms with Crippen molar-refractivity contribution in [3.05, 3.63) is 58.8 Å². The van der Waals surface area contributed by atoms with E-state index in [1.807, 2.05) is 32.0 Å². The number of nitrogens with one attached hydrogen (secondary N) is 1. The number of carbonyl (C=O) groups excluding carboxylic acids is 1. The lowest BCUT2D eigenvalue weighted by atomic mass is 9.87. The standard InChI is InChI=1S/C22H27N3O3/c1-14-12-18(25-28-14)10-11-23-20(26)13-19-15(2)27-21(24-19)16-6-8-17(9-7-16)22(3,4)5/h6-9,12H,10-11,13H2,1-5H3,(H,23,26). The Hall–Kier alpha value is -2.89. The van der Waals surface area contributed by atoms with Crippen LogP contribution in [-0.4, -0.2) is 22.6 Å². The predicted octanol–water partition coefficient (Wildman–Crippen LogP) is 4.15. The van der Waals surface area contributed by atoms with Crippen LogP contribution in [0.3, 0.4) is 0 Å². The molecule has 0 aliphatic heterocycles. The highest BCUT2D eigenvalue weighted by Crippen LogP contribution is 2.27. The molecule has 2 aromatic heterocycles. The van der Waals surface area contributed by atoms with Crippen molar-refractivity contribution in [1.29, 1.82) is 0 Å². The van der Waals surface area contributed by atoms with Gasteiger partial charge in [-0.15, -0.1) is 0 Å². The first-order valence-corrected chi connectivity index (χ1v) is 9.48. The largest absolute Gasteiger partial charge is 0.441 e. The van der Waals surface area contributed by atoms with Crippen LogP contribution in [0.25, 0.3) is 11.5 Å². The van der Waals surface area contributed by atoms with Crippen molar-refractivity contribution < 1.29 is 13.7 Å². The van der Waals surface area contributed by atoms with E-state index in [-0.39, 0.29) is 17.7 Å². The molecule has 0 saturated heterocycles. The smallest absolute Gasteiger partial charge is 0.226 e. The molecule has 0 aliphatic carbocycles. The van der Waals surface area contributed by atoms with E-state index in [1.54, 1.807) is 0 Å². The van der Waals surface area contributed by atoms with E-state index in [4.69, 9.17) is 8.94 Å². The Morgan fingerprint density at radius 1 is 1.14 bits per heavy atom. The highest BCUT2D eigenvalue weighted by molar-refractivity contribution is 5.78. The molecule has 6 nitrogen and oxygen atoms in total. The van der Waals surface area contributed by atoms with Gasteiger partial charge in [0.05, 0.1) is 17.8 Å². The maximum atomic E-state index is 12.2. The van der Waals surface area contributed by atoms with Crippen molar-refractivity contribution in [3.63, 3.8) is 0 Å². The minimum atomic E-state index is -0.0914. The second kappa shape index (κ2) is 8.00. The topological polar surface area (TPSA) is 81.2 Å². The number of aromatic nitrogens is 2. The first-order chi connectivity index (χ1) is 13.2. The van der Waals surface area contributed by atoms with Crippen molar-refractivity contribution in [2.45, 2.75) is 52.9 Å². The minimum absolute atomic E-state index is 0.0914.